The highest BCUT2D eigenvalue weighted by Crippen LogP contribution is 2.27. The Morgan fingerprint density at radius 1 is 0.632 bits per heavy atom. The molecule has 0 bridgehead atoms. The van der Waals surface area contributed by atoms with E-state index in [0.29, 0.717) is 0 Å². The van der Waals surface area contributed by atoms with E-state index in [1.165, 1.54) is 10.8 Å². The molecule has 0 amide bonds. The Balaban J connectivity index is 0.000000155. The Morgan fingerprint density at radius 2 is 1.16 bits per heavy atom. The summed E-state index contributed by atoms with van der Waals surface area (Å²) in [5, 5.41) is 12.5. The minimum absolute atomic E-state index is 0.962. The van der Waals surface area contributed by atoms with Crippen molar-refractivity contribution in [1.29, 1.82) is 0 Å². The zero-order valence-corrected chi connectivity index (χ0v) is 10.1. The lowest BCUT2D eigenvalue weighted by atomic mass is 10.2. The fourth-order valence-electron chi connectivity index (χ4n) is 1.88. The summed E-state index contributed by atoms with van der Waals surface area (Å²) in [5.41, 5.74) is 1.92. The first kappa shape index (κ1) is 11.3. The maximum atomic E-state index is 5.65. The molecule has 0 aliphatic carbocycles. The minimum atomic E-state index is 0.962. The Labute approximate surface area is 109 Å². The van der Waals surface area contributed by atoms with E-state index in [1.807, 2.05) is 36.4 Å². The molecule has 0 saturated heterocycles. The number of rotatable bonds is 0. The van der Waals surface area contributed by atoms with Crippen molar-refractivity contribution in [2.45, 2.75) is 0 Å². The van der Waals surface area contributed by atoms with Gasteiger partial charge in [0.1, 0.15) is 11.2 Å². The first-order valence-electron chi connectivity index (χ1n) is 5.90. The first-order chi connectivity index (χ1) is 9.45. The van der Waals surface area contributed by atoms with Crippen molar-refractivity contribution in [3.8, 4) is 0 Å². The summed E-state index contributed by atoms with van der Waals surface area (Å²) < 4.78 is 5.65. The van der Waals surface area contributed by atoms with E-state index in [2.05, 4.69) is 27.5 Å². The van der Waals surface area contributed by atoms with Crippen molar-refractivity contribution in [3.05, 3.63) is 67.0 Å². The molecule has 2 aromatic carbocycles. The second-order valence-corrected chi connectivity index (χ2v) is 3.91. The molecule has 92 valence electrons. The highest BCUT2D eigenvalue weighted by Gasteiger charge is 2.03. The highest BCUT2D eigenvalue weighted by molar-refractivity contribution is 6.04. The van der Waals surface area contributed by atoms with Gasteiger partial charge in [0.05, 0.1) is 12.4 Å². The number of fused-ring (bicyclic) bond motifs is 3. The molecule has 4 rings (SSSR count). The minimum Gasteiger partial charge on any atom is -0.456 e. The average Bonchev–Trinajstić information content (AvgIpc) is 2.88. The Bertz CT molecular complexity index is 704. The van der Waals surface area contributed by atoms with E-state index in [-0.39, 0.29) is 0 Å². The molecule has 0 unspecified atom stereocenters. The summed E-state index contributed by atoms with van der Waals surface area (Å²) in [6.45, 7) is 0. The molecule has 2 heterocycles. The van der Waals surface area contributed by atoms with Crippen molar-refractivity contribution in [2.24, 2.45) is 0 Å². The predicted molar refractivity (Wildman–Crippen MR) is 73.5 cm³/mol. The summed E-state index contributed by atoms with van der Waals surface area (Å²) in [4.78, 5) is 0. The van der Waals surface area contributed by atoms with Crippen LogP contribution in [0.4, 0.5) is 0 Å². The lowest BCUT2D eigenvalue weighted by Gasteiger charge is -1.85. The van der Waals surface area contributed by atoms with Gasteiger partial charge in [-0.2, -0.15) is 0 Å². The van der Waals surface area contributed by atoms with Gasteiger partial charge in [0.15, 0.2) is 0 Å². The van der Waals surface area contributed by atoms with Gasteiger partial charge in [-0.05, 0) is 23.4 Å². The number of nitrogens with zero attached hydrogens (tertiary/aromatic N) is 3. The van der Waals surface area contributed by atoms with Gasteiger partial charge in [-0.1, -0.05) is 36.4 Å². The van der Waals surface area contributed by atoms with Gasteiger partial charge in [-0.25, -0.2) is 0 Å². The molecule has 4 heteroatoms. The summed E-state index contributed by atoms with van der Waals surface area (Å²) in [5.74, 6) is 0. The Hall–Kier alpha value is -2.75. The molecule has 0 aliphatic heterocycles. The van der Waals surface area contributed by atoms with Gasteiger partial charge in [-0.15, -0.1) is 10.2 Å². The van der Waals surface area contributed by atoms with Crippen LogP contribution in [-0.4, -0.2) is 15.4 Å². The van der Waals surface area contributed by atoms with Crippen molar-refractivity contribution in [3.63, 3.8) is 0 Å². The fraction of sp³-hybridized carbons (Fsp3) is 0. The van der Waals surface area contributed by atoms with Crippen LogP contribution in [0.5, 0.6) is 0 Å². The number of hydrogen-bond donors (Lipinski definition) is 0. The van der Waals surface area contributed by atoms with Crippen LogP contribution in [-0.2, 0) is 0 Å². The molecule has 0 aliphatic rings. The van der Waals surface area contributed by atoms with E-state index in [4.69, 9.17) is 4.42 Å². The Kier molecular flexibility index (Phi) is 3.14. The maximum absolute atomic E-state index is 5.65. The molecule has 0 fully saturated rings. The molecule has 4 nitrogen and oxygen atoms in total. The molecule has 0 saturated carbocycles. The van der Waals surface area contributed by atoms with E-state index in [1.54, 1.807) is 18.5 Å². The van der Waals surface area contributed by atoms with Crippen molar-refractivity contribution in [2.75, 3.05) is 0 Å². The summed E-state index contributed by atoms with van der Waals surface area (Å²) in [6, 6.07) is 17.9. The van der Waals surface area contributed by atoms with Gasteiger partial charge in [0.25, 0.3) is 0 Å². The maximum Gasteiger partial charge on any atom is 0.135 e. The Morgan fingerprint density at radius 3 is 1.58 bits per heavy atom. The molecule has 0 N–H and O–H groups in total. The van der Waals surface area contributed by atoms with Gasteiger partial charge >= 0.3 is 0 Å². The van der Waals surface area contributed by atoms with Gasteiger partial charge in [-0.3, -0.25) is 0 Å². The van der Waals surface area contributed by atoms with Gasteiger partial charge in [0, 0.05) is 10.8 Å². The monoisotopic (exact) mass is 249 g/mol. The third kappa shape index (κ3) is 2.42. The third-order valence-corrected chi connectivity index (χ3v) is 2.69. The summed E-state index contributed by atoms with van der Waals surface area (Å²) in [7, 11) is 0. The molecule has 2 aromatic heterocycles. The smallest absolute Gasteiger partial charge is 0.135 e. The topological polar surface area (TPSA) is 51.8 Å². The SMILES string of the molecule is c1ccc2c(c1)oc1ccccc12.c1cnnnc1. The van der Waals surface area contributed by atoms with Crippen molar-refractivity contribution in [1.82, 2.24) is 15.4 Å². The van der Waals surface area contributed by atoms with Crippen LogP contribution in [0.1, 0.15) is 0 Å². The molecule has 4 aromatic rings. The van der Waals surface area contributed by atoms with Crippen LogP contribution in [0.2, 0.25) is 0 Å². The van der Waals surface area contributed by atoms with Gasteiger partial charge in [0.2, 0.25) is 0 Å². The van der Waals surface area contributed by atoms with Crippen LogP contribution in [0.15, 0.2) is 71.4 Å². The molecular weight excluding hydrogens is 238 g/mol. The number of para-hydroxylation sites is 2. The second kappa shape index (κ2) is 5.27. The van der Waals surface area contributed by atoms with Crippen LogP contribution < -0.4 is 0 Å². The standard InChI is InChI=1S/C12H8O.C3H3N3/c1-3-7-11-9(5-1)10-6-2-4-8-12(10)13-11;1-2-4-6-5-3-1/h1-8H;1-3H. The highest BCUT2D eigenvalue weighted by atomic mass is 16.3. The molecule has 19 heavy (non-hydrogen) atoms. The van der Waals surface area contributed by atoms with Crippen LogP contribution >= 0.6 is 0 Å². The normalized spacial score (nSPS) is 10.1. The number of benzene rings is 2. The second-order valence-electron chi connectivity index (χ2n) is 3.91. The lowest BCUT2D eigenvalue weighted by molar-refractivity contribution is 0.669. The van der Waals surface area contributed by atoms with Crippen LogP contribution in [0, 0.1) is 0 Å². The van der Waals surface area contributed by atoms with E-state index >= 15 is 0 Å². The number of furan rings is 1. The van der Waals surface area contributed by atoms with E-state index in [0.717, 1.165) is 11.2 Å². The molecule has 0 radical (unpaired) electrons. The molecule has 0 spiro atoms. The summed E-state index contributed by atoms with van der Waals surface area (Å²) in [6.07, 6.45) is 3.15. The predicted octanol–water partition coefficient (Wildman–Crippen LogP) is 3.46. The van der Waals surface area contributed by atoms with Gasteiger partial charge < -0.3 is 4.42 Å². The largest absolute Gasteiger partial charge is 0.456 e. The number of hydrogen-bond acceptors (Lipinski definition) is 4. The number of aromatic nitrogens is 3. The average molecular weight is 249 g/mol. The quantitative estimate of drug-likeness (QED) is 0.479. The zero-order valence-electron chi connectivity index (χ0n) is 10.1. The molecular formula is C15H11N3O. The third-order valence-electron chi connectivity index (χ3n) is 2.69. The lowest BCUT2D eigenvalue weighted by Crippen LogP contribution is -1.78. The van der Waals surface area contributed by atoms with E-state index in [9.17, 15) is 0 Å². The first-order valence-corrected chi connectivity index (χ1v) is 5.90. The van der Waals surface area contributed by atoms with Crippen LogP contribution in [0.3, 0.4) is 0 Å². The van der Waals surface area contributed by atoms with Crippen molar-refractivity contribution >= 4 is 21.9 Å². The molecule has 0 atom stereocenters. The van der Waals surface area contributed by atoms with E-state index < -0.39 is 0 Å². The summed E-state index contributed by atoms with van der Waals surface area (Å²) >= 11 is 0. The van der Waals surface area contributed by atoms with Crippen LogP contribution in [0.25, 0.3) is 21.9 Å². The van der Waals surface area contributed by atoms with Crippen molar-refractivity contribution < 1.29 is 4.42 Å². The zero-order chi connectivity index (χ0) is 12.9. The fourth-order valence-corrected chi connectivity index (χ4v) is 1.88.